The van der Waals surface area contributed by atoms with Crippen LogP contribution in [-0.4, -0.2) is 4.40 Å². The standard InChI is InChI=1S/C15H17N2.HI/c1-10-8-14-15(9-11(10)2)17-7-5-6-13(17)12(3)16(14)4;/h5-9H,1-4H3;1H/q+1;/p-1. The molecule has 3 heteroatoms. The second-order valence-electron chi connectivity index (χ2n) is 4.83. The van der Waals surface area contributed by atoms with Crippen molar-refractivity contribution in [3.05, 3.63) is 47.3 Å². The zero-order chi connectivity index (χ0) is 12.2. The molecule has 3 aromatic rings. The highest BCUT2D eigenvalue weighted by atomic mass is 127. The molecule has 2 nitrogen and oxygen atoms in total. The summed E-state index contributed by atoms with van der Waals surface area (Å²) in [5, 5.41) is 0. The van der Waals surface area contributed by atoms with Crippen LogP contribution >= 0.6 is 0 Å². The Hall–Kier alpha value is -1.10. The summed E-state index contributed by atoms with van der Waals surface area (Å²) in [6, 6.07) is 8.83. The van der Waals surface area contributed by atoms with Gasteiger partial charge in [-0.1, -0.05) is 0 Å². The summed E-state index contributed by atoms with van der Waals surface area (Å²) in [7, 11) is 2.14. The fourth-order valence-corrected chi connectivity index (χ4v) is 2.49. The van der Waals surface area contributed by atoms with Crippen molar-refractivity contribution in [1.29, 1.82) is 0 Å². The maximum absolute atomic E-state index is 2.27. The lowest BCUT2D eigenvalue weighted by Gasteiger charge is -2.07. The molecule has 0 aliphatic heterocycles. The van der Waals surface area contributed by atoms with Gasteiger partial charge in [0.05, 0.1) is 0 Å². The number of rotatable bonds is 0. The summed E-state index contributed by atoms with van der Waals surface area (Å²) in [4.78, 5) is 0. The molecule has 3 rings (SSSR count). The Kier molecular flexibility index (Phi) is 3.36. The third-order valence-electron chi connectivity index (χ3n) is 3.83. The van der Waals surface area contributed by atoms with E-state index in [0.717, 1.165) is 0 Å². The lowest BCUT2D eigenvalue weighted by atomic mass is 10.1. The Morgan fingerprint density at radius 2 is 1.67 bits per heavy atom. The van der Waals surface area contributed by atoms with Crippen molar-refractivity contribution in [3.8, 4) is 0 Å². The summed E-state index contributed by atoms with van der Waals surface area (Å²) < 4.78 is 4.55. The van der Waals surface area contributed by atoms with E-state index in [0.29, 0.717) is 0 Å². The van der Waals surface area contributed by atoms with Crippen molar-refractivity contribution < 1.29 is 28.5 Å². The van der Waals surface area contributed by atoms with Gasteiger partial charge in [0.25, 0.3) is 0 Å². The van der Waals surface area contributed by atoms with Crippen LogP contribution < -0.4 is 28.5 Å². The summed E-state index contributed by atoms with van der Waals surface area (Å²) in [6.07, 6.45) is 2.14. The first-order chi connectivity index (χ1) is 8.09. The lowest BCUT2D eigenvalue weighted by Crippen LogP contribution is -3.00. The normalized spacial score (nSPS) is 10.9. The summed E-state index contributed by atoms with van der Waals surface area (Å²) in [6.45, 7) is 6.51. The zero-order valence-electron chi connectivity index (χ0n) is 11.2. The zero-order valence-corrected chi connectivity index (χ0v) is 13.3. The predicted octanol–water partition coefficient (Wildman–Crippen LogP) is -0.154. The second-order valence-corrected chi connectivity index (χ2v) is 4.83. The van der Waals surface area contributed by atoms with Crippen LogP contribution in [0, 0.1) is 20.8 Å². The number of aromatic nitrogens is 2. The number of hydrogen-bond acceptors (Lipinski definition) is 0. The maximum atomic E-state index is 2.27. The first kappa shape index (κ1) is 13.3. The van der Waals surface area contributed by atoms with Gasteiger partial charge in [0.15, 0.2) is 0 Å². The van der Waals surface area contributed by atoms with Gasteiger partial charge in [0, 0.05) is 19.2 Å². The Balaban J connectivity index is 0.00000120. The van der Waals surface area contributed by atoms with Crippen LogP contribution in [0.4, 0.5) is 0 Å². The van der Waals surface area contributed by atoms with E-state index in [1.54, 1.807) is 0 Å². The minimum Gasteiger partial charge on any atom is -1.00 e. The highest BCUT2D eigenvalue weighted by Crippen LogP contribution is 2.20. The Labute approximate surface area is 124 Å². The van der Waals surface area contributed by atoms with E-state index in [2.05, 4.69) is 67.2 Å². The third-order valence-corrected chi connectivity index (χ3v) is 3.83. The molecule has 0 aliphatic rings. The first-order valence-electron chi connectivity index (χ1n) is 5.96. The number of halogens is 1. The van der Waals surface area contributed by atoms with Crippen molar-refractivity contribution >= 4 is 16.6 Å². The number of hydrogen-bond donors (Lipinski definition) is 0. The number of aryl methyl sites for hydroxylation is 4. The molecule has 0 saturated heterocycles. The van der Waals surface area contributed by atoms with E-state index in [-0.39, 0.29) is 24.0 Å². The van der Waals surface area contributed by atoms with Crippen LogP contribution in [0.15, 0.2) is 30.5 Å². The summed E-state index contributed by atoms with van der Waals surface area (Å²) in [5.41, 5.74) is 7.83. The fraction of sp³-hybridized carbons (Fsp3) is 0.267. The molecular formula is C15H17IN2. The molecule has 0 fully saturated rings. The van der Waals surface area contributed by atoms with Crippen LogP contribution in [0.1, 0.15) is 16.8 Å². The van der Waals surface area contributed by atoms with Crippen molar-refractivity contribution in [2.45, 2.75) is 20.8 Å². The van der Waals surface area contributed by atoms with Gasteiger partial charge in [0.2, 0.25) is 11.2 Å². The molecular weight excluding hydrogens is 335 g/mol. The molecule has 94 valence electrons. The van der Waals surface area contributed by atoms with Gasteiger partial charge in [0.1, 0.15) is 18.1 Å². The molecule has 2 heterocycles. The van der Waals surface area contributed by atoms with Gasteiger partial charge in [-0.25, -0.2) is 0 Å². The first-order valence-corrected chi connectivity index (χ1v) is 5.96. The average molecular weight is 352 g/mol. The van der Waals surface area contributed by atoms with E-state index in [9.17, 15) is 0 Å². The molecule has 0 bridgehead atoms. The number of fused-ring (bicyclic) bond motifs is 3. The highest BCUT2D eigenvalue weighted by Gasteiger charge is 2.15. The van der Waals surface area contributed by atoms with Crippen molar-refractivity contribution in [2.75, 3.05) is 0 Å². The molecule has 0 spiro atoms. The molecule has 0 atom stereocenters. The average Bonchev–Trinajstić information content (AvgIpc) is 2.78. The Bertz CT molecular complexity index is 741. The van der Waals surface area contributed by atoms with E-state index in [4.69, 9.17) is 0 Å². The van der Waals surface area contributed by atoms with Crippen LogP contribution in [-0.2, 0) is 7.05 Å². The van der Waals surface area contributed by atoms with Crippen LogP contribution in [0.2, 0.25) is 0 Å². The molecule has 0 aliphatic carbocycles. The van der Waals surface area contributed by atoms with Crippen LogP contribution in [0.3, 0.4) is 0 Å². The number of benzene rings is 1. The van der Waals surface area contributed by atoms with Gasteiger partial charge in [-0.2, -0.15) is 4.57 Å². The van der Waals surface area contributed by atoms with E-state index in [1.807, 2.05) is 0 Å². The monoisotopic (exact) mass is 352 g/mol. The van der Waals surface area contributed by atoms with Gasteiger partial charge in [-0.05, 0) is 43.2 Å². The predicted molar refractivity (Wildman–Crippen MR) is 70.3 cm³/mol. The SMILES string of the molecule is Cc1cc2c(cc1C)[n+](C)c(C)c1cccn12.[I-]. The van der Waals surface area contributed by atoms with Crippen molar-refractivity contribution in [2.24, 2.45) is 7.05 Å². The molecule has 1 aromatic carbocycles. The molecule has 0 radical (unpaired) electrons. The van der Waals surface area contributed by atoms with Gasteiger partial charge >= 0.3 is 0 Å². The lowest BCUT2D eigenvalue weighted by molar-refractivity contribution is -0.650. The number of nitrogens with zero attached hydrogens (tertiary/aromatic N) is 2. The Morgan fingerprint density at radius 1 is 1.00 bits per heavy atom. The van der Waals surface area contributed by atoms with Crippen molar-refractivity contribution in [1.82, 2.24) is 4.40 Å². The molecule has 0 amide bonds. The van der Waals surface area contributed by atoms with Gasteiger partial charge < -0.3 is 28.4 Å². The summed E-state index contributed by atoms with van der Waals surface area (Å²) in [5.74, 6) is 0. The summed E-state index contributed by atoms with van der Waals surface area (Å²) >= 11 is 0. The Morgan fingerprint density at radius 3 is 2.39 bits per heavy atom. The molecule has 0 unspecified atom stereocenters. The highest BCUT2D eigenvalue weighted by molar-refractivity contribution is 5.78. The fourth-order valence-electron chi connectivity index (χ4n) is 2.49. The molecule has 0 saturated carbocycles. The van der Waals surface area contributed by atoms with Gasteiger partial charge in [-0.15, -0.1) is 0 Å². The smallest absolute Gasteiger partial charge is 0.229 e. The second kappa shape index (κ2) is 4.53. The van der Waals surface area contributed by atoms with Crippen LogP contribution in [0.25, 0.3) is 16.6 Å². The minimum absolute atomic E-state index is 0. The van der Waals surface area contributed by atoms with Crippen molar-refractivity contribution in [3.63, 3.8) is 0 Å². The third kappa shape index (κ3) is 1.72. The van der Waals surface area contributed by atoms with Crippen LogP contribution in [0.5, 0.6) is 0 Å². The minimum atomic E-state index is 0. The molecule has 2 aromatic heterocycles. The van der Waals surface area contributed by atoms with E-state index < -0.39 is 0 Å². The topological polar surface area (TPSA) is 8.29 Å². The molecule has 18 heavy (non-hydrogen) atoms. The quantitative estimate of drug-likeness (QED) is 0.393. The largest absolute Gasteiger partial charge is 1.00 e. The van der Waals surface area contributed by atoms with E-state index in [1.165, 1.54) is 33.4 Å². The van der Waals surface area contributed by atoms with Gasteiger partial charge in [-0.3, -0.25) is 0 Å². The maximum Gasteiger partial charge on any atom is 0.229 e. The van der Waals surface area contributed by atoms with E-state index >= 15 is 0 Å². The molecule has 0 N–H and O–H groups in total.